The smallest absolute Gasteiger partial charge is 0.350 e. The molecule has 2 aromatic heterocycles. The molecule has 5 heteroatoms. The fourth-order valence-electron chi connectivity index (χ4n) is 4.49. The summed E-state index contributed by atoms with van der Waals surface area (Å²) >= 11 is 1.28. The number of rotatable bonds is 5. The van der Waals surface area contributed by atoms with Crippen molar-refractivity contribution in [1.29, 1.82) is 0 Å². The molecule has 0 aliphatic heterocycles. The van der Waals surface area contributed by atoms with Crippen LogP contribution in [0.1, 0.15) is 15.2 Å². The fourth-order valence-corrected chi connectivity index (χ4v) is 5.50. The van der Waals surface area contributed by atoms with Gasteiger partial charge in [-0.05, 0) is 33.5 Å². The topological polar surface area (TPSA) is 65.2 Å². The second-order valence-electron chi connectivity index (χ2n) is 8.53. The minimum atomic E-state index is -0.440. The van der Waals surface area contributed by atoms with Crippen LogP contribution < -0.4 is 5.73 Å². The third kappa shape index (κ3) is 4.00. The molecule has 0 saturated heterocycles. The first-order valence-electron chi connectivity index (χ1n) is 11.7. The number of pyridine rings is 1. The molecule has 0 bridgehead atoms. The number of nitrogen functional groups attached to an aromatic ring is 1. The molecule has 0 unspecified atom stereocenters. The van der Waals surface area contributed by atoms with E-state index in [0.717, 1.165) is 44.1 Å². The summed E-state index contributed by atoms with van der Waals surface area (Å²) in [6.45, 7) is 0.187. The number of fused-ring (bicyclic) bond motifs is 2. The second kappa shape index (κ2) is 9.29. The van der Waals surface area contributed by atoms with Gasteiger partial charge in [0.25, 0.3) is 0 Å². The number of thiophene rings is 1. The minimum Gasteiger partial charge on any atom is -0.457 e. The van der Waals surface area contributed by atoms with Crippen LogP contribution in [-0.4, -0.2) is 11.0 Å². The van der Waals surface area contributed by atoms with Crippen molar-refractivity contribution in [3.63, 3.8) is 0 Å². The summed E-state index contributed by atoms with van der Waals surface area (Å²) in [6.07, 6.45) is 0. The monoisotopic (exact) mass is 486 g/mol. The van der Waals surface area contributed by atoms with E-state index in [1.54, 1.807) is 0 Å². The van der Waals surface area contributed by atoms with Gasteiger partial charge in [0.1, 0.15) is 16.3 Å². The first-order chi connectivity index (χ1) is 17.7. The molecule has 0 spiro atoms. The van der Waals surface area contributed by atoms with Crippen LogP contribution in [0, 0.1) is 0 Å². The predicted molar refractivity (Wildman–Crippen MR) is 148 cm³/mol. The standard InChI is InChI=1S/C31H22N2O2S/c32-28-27-25(24-17-9-15-21-12-7-8-16-23(21)24)18-26(22-13-5-2-6-14-22)33-30(27)36-29(28)31(34)35-19-20-10-3-1-4-11-20/h1-18H,19,32H2. The van der Waals surface area contributed by atoms with Gasteiger partial charge >= 0.3 is 5.97 Å². The largest absolute Gasteiger partial charge is 0.457 e. The predicted octanol–water partition coefficient (Wildman–Crippen LogP) is 7.72. The third-order valence-corrected chi connectivity index (χ3v) is 7.33. The van der Waals surface area contributed by atoms with E-state index in [0.29, 0.717) is 15.4 Å². The van der Waals surface area contributed by atoms with Gasteiger partial charge in [-0.1, -0.05) is 103 Å². The number of anilines is 1. The van der Waals surface area contributed by atoms with Crippen LogP contribution in [0.15, 0.2) is 109 Å². The van der Waals surface area contributed by atoms with Crippen molar-refractivity contribution >= 4 is 44.0 Å². The first-order valence-corrected chi connectivity index (χ1v) is 12.5. The Hall–Kier alpha value is -4.48. The van der Waals surface area contributed by atoms with Crippen LogP contribution in [0.4, 0.5) is 5.69 Å². The summed E-state index contributed by atoms with van der Waals surface area (Å²) < 4.78 is 5.62. The van der Waals surface area contributed by atoms with Crippen LogP contribution in [0.25, 0.3) is 43.4 Å². The van der Waals surface area contributed by atoms with Crippen LogP contribution in [0.3, 0.4) is 0 Å². The lowest BCUT2D eigenvalue weighted by Crippen LogP contribution is -2.05. The number of benzene rings is 4. The van der Waals surface area contributed by atoms with Gasteiger partial charge in [-0.25, -0.2) is 9.78 Å². The quantitative estimate of drug-likeness (QED) is 0.253. The van der Waals surface area contributed by atoms with E-state index in [-0.39, 0.29) is 6.61 Å². The Morgan fingerprint density at radius 3 is 2.31 bits per heavy atom. The number of ether oxygens (including phenoxy) is 1. The maximum atomic E-state index is 13.1. The summed E-state index contributed by atoms with van der Waals surface area (Å²) in [5.41, 5.74) is 11.8. The van der Waals surface area contributed by atoms with E-state index in [2.05, 4.69) is 30.3 Å². The van der Waals surface area contributed by atoms with Gasteiger partial charge in [0.2, 0.25) is 0 Å². The van der Waals surface area contributed by atoms with E-state index in [1.807, 2.05) is 78.9 Å². The molecule has 174 valence electrons. The molecular weight excluding hydrogens is 464 g/mol. The van der Waals surface area contributed by atoms with Gasteiger partial charge in [0.05, 0.1) is 11.4 Å². The molecule has 0 aliphatic rings. The summed E-state index contributed by atoms with van der Waals surface area (Å²) in [5.74, 6) is -0.440. The molecule has 0 amide bonds. The van der Waals surface area contributed by atoms with Crippen molar-refractivity contribution in [1.82, 2.24) is 4.98 Å². The van der Waals surface area contributed by atoms with Crippen LogP contribution in [0.2, 0.25) is 0 Å². The van der Waals surface area contributed by atoms with Crippen molar-refractivity contribution in [2.75, 3.05) is 5.73 Å². The lowest BCUT2D eigenvalue weighted by Gasteiger charge is -2.11. The number of aromatic nitrogens is 1. The maximum Gasteiger partial charge on any atom is 0.350 e. The van der Waals surface area contributed by atoms with Gasteiger partial charge in [0.15, 0.2) is 0 Å². The van der Waals surface area contributed by atoms with Crippen molar-refractivity contribution in [3.8, 4) is 22.4 Å². The van der Waals surface area contributed by atoms with Gasteiger partial charge in [-0.2, -0.15) is 0 Å². The van der Waals surface area contributed by atoms with Gasteiger partial charge in [0, 0.05) is 10.9 Å². The van der Waals surface area contributed by atoms with Gasteiger partial charge in [-0.15, -0.1) is 11.3 Å². The molecule has 2 heterocycles. The summed E-state index contributed by atoms with van der Waals surface area (Å²) in [4.78, 5) is 19.1. The van der Waals surface area contributed by atoms with Crippen LogP contribution >= 0.6 is 11.3 Å². The Morgan fingerprint density at radius 1 is 0.806 bits per heavy atom. The number of nitrogens with two attached hydrogens (primary N) is 1. The van der Waals surface area contributed by atoms with Gasteiger partial charge in [-0.3, -0.25) is 0 Å². The lowest BCUT2D eigenvalue weighted by molar-refractivity contribution is 0.0480. The highest BCUT2D eigenvalue weighted by Gasteiger charge is 2.23. The average molecular weight is 487 g/mol. The Bertz CT molecular complexity index is 1700. The van der Waals surface area contributed by atoms with E-state index in [1.165, 1.54) is 11.3 Å². The maximum absolute atomic E-state index is 13.1. The Balaban J connectivity index is 1.53. The van der Waals surface area contributed by atoms with Crippen LogP contribution in [-0.2, 0) is 11.3 Å². The number of hydrogen-bond donors (Lipinski definition) is 1. The Labute approximate surface area is 212 Å². The second-order valence-corrected chi connectivity index (χ2v) is 9.53. The Morgan fingerprint density at radius 2 is 1.50 bits per heavy atom. The Kier molecular flexibility index (Phi) is 5.68. The average Bonchev–Trinajstić information content (AvgIpc) is 3.28. The molecule has 6 rings (SSSR count). The first kappa shape index (κ1) is 22.0. The zero-order valence-electron chi connectivity index (χ0n) is 19.3. The number of esters is 1. The molecule has 4 nitrogen and oxygen atoms in total. The highest BCUT2D eigenvalue weighted by molar-refractivity contribution is 7.21. The SMILES string of the molecule is Nc1c(C(=O)OCc2ccccc2)sc2nc(-c3ccccc3)cc(-c3cccc4ccccc34)c12. The van der Waals surface area contributed by atoms with Crippen LogP contribution in [0.5, 0.6) is 0 Å². The number of nitrogens with zero attached hydrogens (tertiary/aromatic N) is 1. The number of carbonyl (C=O) groups excluding carboxylic acids is 1. The van der Waals surface area contributed by atoms with E-state index in [9.17, 15) is 4.79 Å². The molecule has 0 fully saturated rings. The van der Waals surface area contributed by atoms with Gasteiger partial charge < -0.3 is 10.5 Å². The molecule has 0 atom stereocenters. The molecule has 0 radical (unpaired) electrons. The third-order valence-electron chi connectivity index (χ3n) is 6.25. The zero-order valence-corrected chi connectivity index (χ0v) is 20.2. The minimum absolute atomic E-state index is 0.187. The highest BCUT2D eigenvalue weighted by Crippen LogP contribution is 2.43. The summed E-state index contributed by atoms with van der Waals surface area (Å²) in [6, 6.07) is 36.2. The lowest BCUT2D eigenvalue weighted by atomic mass is 9.95. The molecule has 36 heavy (non-hydrogen) atoms. The van der Waals surface area contributed by atoms with Crippen molar-refractivity contribution < 1.29 is 9.53 Å². The van der Waals surface area contributed by atoms with E-state index >= 15 is 0 Å². The molecule has 0 saturated carbocycles. The molecular formula is C31H22N2O2S. The van der Waals surface area contributed by atoms with Crippen molar-refractivity contribution in [2.24, 2.45) is 0 Å². The molecule has 2 N–H and O–H groups in total. The molecule has 6 aromatic rings. The van der Waals surface area contributed by atoms with E-state index < -0.39 is 5.97 Å². The summed E-state index contributed by atoms with van der Waals surface area (Å²) in [5, 5.41) is 3.03. The fraction of sp³-hybridized carbons (Fsp3) is 0.0323. The van der Waals surface area contributed by atoms with Crippen molar-refractivity contribution in [3.05, 3.63) is 120 Å². The normalized spacial score (nSPS) is 11.1. The zero-order chi connectivity index (χ0) is 24.5. The van der Waals surface area contributed by atoms with Crippen molar-refractivity contribution in [2.45, 2.75) is 6.61 Å². The number of carbonyl (C=O) groups is 1. The van der Waals surface area contributed by atoms with E-state index in [4.69, 9.17) is 15.5 Å². The number of hydrogen-bond acceptors (Lipinski definition) is 5. The molecule has 4 aromatic carbocycles. The highest BCUT2D eigenvalue weighted by atomic mass is 32.1. The summed E-state index contributed by atoms with van der Waals surface area (Å²) in [7, 11) is 0. The molecule has 0 aliphatic carbocycles.